The fraction of sp³-hybridized carbons (Fsp3) is 0.550. The number of amides is 1. The van der Waals surface area contributed by atoms with Crippen molar-refractivity contribution in [2.45, 2.75) is 61.9 Å². The predicted molar refractivity (Wildman–Crippen MR) is 105 cm³/mol. The number of aromatic nitrogens is 3. The van der Waals surface area contributed by atoms with Gasteiger partial charge in [0.05, 0.1) is 16.3 Å². The molecule has 1 N–H and O–H groups in total. The number of hydrogen-bond donors (Lipinski definition) is 1. The molecule has 2 aliphatic rings. The average Bonchev–Trinajstić information content (AvgIpc) is 3.38. The summed E-state index contributed by atoms with van der Waals surface area (Å²) in [4.78, 5) is 17.2. The number of anilines is 1. The number of rotatable bonds is 7. The summed E-state index contributed by atoms with van der Waals surface area (Å²) in [5.41, 5.74) is 0.0376. The van der Waals surface area contributed by atoms with Crippen molar-refractivity contribution in [1.82, 2.24) is 14.8 Å². The molecule has 10 heteroatoms. The molecule has 0 bridgehead atoms. The molecule has 0 aliphatic heterocycles. The van der Waals surface area contributed by atoms with Crippen molar-refractivity contribution in [3.63, 3.8) is 0 Å². The van der Waals surface area contributed by atoms with E-state index in [1.807, 2.05) is 6.26 Å². The molecular formula is C20H22F4N4OS. The fourth-order valence-corrected chi connectivity index (χ4v) is 4.38. The largest absolute Gasteiger partial charge is 0.321 e. The van der Waals surface area contributed by atoms with Crippen LogP contribution in [-0.2, 0) is 6.54 Å². The number of halogens is 4. The van der Waals surface area contributed by atoms with Crippen molar-refractivity contribution in [1.29, 1.82) is 0 Å². The summed E-state index contributed by atoms with van der Waals surface area (Å²) in [6, 6.07) is 3.21. The van der Waals surface area contributed by atoms with Gasteiger partial charge in [0.15, 0.2) is 0 Å². The Morgan fingerprint density at radius 3 is 2.73 bits per heavy atom. The maximum Gasteiger partial charge on any atom is 0.274 e. The van der Waals surface area contributed by atoms with E-state index in [-0.39, 0.29) is 48.7 Å². The number of nitrogens with zero attached hydrogens (tertiary/aromatic N) is 3. The van der Waals surface area contributed by atoms with Crippen molar-refractivity contribution < 1.29 is 22.4 Å². The second kappa shape index (κ2) is 8.20. The first-order valence-electron chi connectivity index (χ1n) is 9.85. The minimum atomic E-state index is -2.88. The Labute approximate surface area is 175 Å². The van der Waals surface area contributed by atoms with E-state index in [2.05, 4.69) is 15.4 Å². The number of hydrogen-bond acceptors (Lipinski definition) is 4. The van der Waals surface area contributed by atoms with Gasteiger partial charge in [-0.2, -0.15) is 5.10 Å². The molecule has 1 amide bonds. The smallest absolute Gasteiger partial charge is 0.274 e. The number of pyridine rings is 1. The first kappa shape index (κ1) is 21.1. The van der Waals surface area contributed by atoms with Crippen LogP contribution >= 0.6 is 11.8 Å². The molecule has 4 rings (SSSR count). The topological polar surface area (TPSA) is 59.8 Å². The van der Waals surface area contributed by atoms with E-state index < -0.39 is 24.2 Å². The van der Waals surface area contributed by atoms with Crippen LogP contribution in [0.25, 0.3) is 0 Å². The van der Waals surface area contributed by atoms with E-state index >= 15 is 0 Å². The second-order valence-corrected chi connectivity index (χ2v) is 8.74. The lowest BCUT2D eigenvalue weighted by molar-refractivity contribution is 0.00420. The third-order valence-electron chi connectivity index (χ3n) is 5.55. The quantitative estimate of drug-likeness (QED) is 0.454. The molecule has 1 atom stereocenters. The van der Waals surface area contributed by atoms with Crippen molar-refractivity contribution in [3.8, 4) is 0 Å². The summed E-state index contributed by atoms with van der Waals surface area (Å²) in [6.45, 7) is 0.0250. The molecule has 2 aliphatic carbocycles. The van der Waals surface area contributed by atoms with E-state index in [1.54, 1.807) is 12.1 Å². The zero-order valence-electron chi connectivity index (χ0n) is 16.4. The second-order valence-electron chi connectivity index (χ2n) is 7.91. The van der Waals surface area contributed by atoms with Crippen LogP contribution in [0.15, 0.2) is 23.4 Å². The van der Waals surface area contributed by atoms with Crippen molar-refractivity contribution in [2.75, 3.05) is 11.6 Å². The fourth-order valence-electron chi connectivity index (χ4n) is 3.97. The van der Waals surface area contributed by atoms with Crippen LogP contribution in [0.4, 0.5) is 23.2 Å². The van der Waals surface area contributed by atoms with Gasteiger partial charge in [-0.25, -0.2) is 22.5 Å². The Bertz CT molecular complexity index is 945. The maximum absolute atomic E-state index is 14.0. The van der Waals surface area contributed by atoms with Gasteiger partial charge in [-0.1, -0.05) is 0 Å². The van der Waals surface area contributed by atoms with Crippen LogP contribution in [0, 0.1) is 5.92 Å². The highest BCUT2D eigenvalue weighted by atomic mass is 32.2. The summed E-state index contributed by atoms with van der Waals surface area (Å²) in [5.74, 6) is -3.98. The Kier molecular flexibility index (Phi) is 5.78. The van der Waals surface area contributed by atoms with Gasteiger partial charge in [-0.15, -0.1) is 11.8 Å². The van der Waals surface area contributed by atoms with Crippen LogP contribution in [0.5, 0.6) is 0 Å². The number of carbonyl (C=O) groups is 1. The zero-order chi connectivity index (χ0) is 21.5. The van der Waals surface area contributed by atoms with Gasteiger partial charge in [0, 0.05) is 37.2 Å². The van der Waals surface area contributed by atoms with Crippen molar-refractivity contribution >= 4 is 23.4 Å². The lowest BCUT2D eigenvalue weighted by Crippen LogP contribution is -2.22. The highest BCUT2D eigenvalue weighted by molar-refractivity contribution is 7.98. The minimum absolute atomic E-state index is 0.0250. The zero-order valence-corrected chi connectivity index (χ0v) is 17.2. The molecule has 0 saturated heterocycles. The van der Waals surface area contributed by atoms with Gasteiger partial charge in [0.1, 0.15) is 5.69 Å². The molecule has 0 aromatic carbocycles. The molecular weight excluding hydrogens is 420 g/mol. The summed E-state index contributed by atoms with van der Waals surface area (Å²) >= 11 is 1.38. The highest BCUT2D eigenvalue weighted by Crippen LogP contribution is 2.45. The summed E-state index contributed by atoms with van der Waals surface area (Å²) in [6.07, 6.45) is 1.67. The average molecular weight is 442 g/mol. The molecule has 2 saturated carbocycles. The lowest BCUT2D eigenvalue weighted by atomic mass is 10.1. The van der Waals surface area contributed by atoms with E-state index in [1.165, 1.54) is 22.6 Å². The number of carbonyl (C=O) groups excluding carboxylic acids is 1. The van der Waals surface area contributed by atoms with Gasteiger partial charge in [-0.05, 0) is 43.6 Å². The number of alkyl halides is 4. The molecule has 1 unspecified atom stereocenters. The monoisotopic (exact) mass is 442 g/mol. The van der Waals surface area contributed by atoms with E-state index in [0.717, 1.165) is 12.8 Å². The third-order valence-corrected chi connectivity index (χ3v) is 6.20. The van der Waals surface area contributed by atoms with Gasteiger partial charge in [0.25, 0.3) is 12.3 Å². The summed E-state index contributed by atoms with van der Waals surface area (Å²) in [5, 5.41) is 7.63. The van der Waals surface area contributed by atoms with Crippen molar-refractivity contribution in [3.05, 3.63) is 35.3 Å². The highest BCUT2D eigenvalue weighted by Gasteiger charge is 2.41. The first-order chi connectivity index (χ1) is 14.3. The Balaban J connectivity index is 1.67. The van der Waals surface area contributed by atoms with Crippen molar-refractivity contribution in [2.24, 2.45) is 5.92 Å². The molecule has 162 valence electrons. The van der Waals surface area contributed by atoms with Gasteiger partial charge >= 0.3 is 0 Å². The molecule has 0 radical (unpaired) electrons. The summed E-state index contributed by atoms with van der Waals surface area (Å²) in [7, 11) is 0. The molecule has 30 heavy (non-hydrogen) atoms. The van der Waals surface area contributed by atoms with E-state index in [4.69, 9.17) is 0 Å². The van der Waals surface area contributed by atoms with Gasteiger partial charge < -0.3 is 5.32 Å². The van der Waals surface area contributed by atoms with Crippen LogP contribution in [-0.4, -0.2) is 32.8 Å². The Hall–Kier alpha value is -2.10. The summed E-state index contributed by atoms with van der Waals surface area (Å²) < 4.78 is 56.4. The molecule has 2 fully saturated rings. The number of thioether (sulfide) groups is 1. The normalized spacial score (nSPS) is 20.7. The maximum atomic E-state index is 14.0. The Morgan fingerprint density at radius 2 is 2.13 bits per heavy atom. The number of nitrogens with one attached hydrogen (secondary N) is 1. The molecule has 5 nitrogen and oxygen atoms in total. The predicted octanol–water partition coefficient (Wildman–Crippen LogP) is 5.50. The van der Waals surface area contributed by atoms with Gasteiger partial charge in [-0.3, -0.25) is 9.48 Å². The van der Waals surface area contributed by atoms with E-state index in [0.29, 0.717) is 10.7 Å². The SMILES string of the molecule is CSc1cc(NC(=O)c2c(C(F)F)c(C3CC3)nn2CC2CCC(F)(F)C2)ccn1. The Morgan fingerprint density at radius 1 is 1.37 bits per heavy atom. The van der Waals surface area contributed by atoms with Crippen LogP contribution in [0.1, 0.15) is 66.2 Å². The molecule has 2 heterocycles. The standard InChI is InChI=1S/C20H22F4N4OS/c1-30-14-8-13(5-7-25-14)26-19(29)17-15(18(21)22)16(12-2-3-12)27-28(17)10-11-4-6-20(23,24)9-11/h5,7-8,11-12,18H,2-4,6,9-10H2,1H3,(H,25,26,29). The lowest BCUT2D eigenvalue weighted by Gasteiger charge is -2.14. The van der Waals surface area contributed by atoms with Gasteiger partial charge in [0.2, 0.25) is 5.92 Å². The van der Waals surface area contributed by atoms with Crippen LogP contribution in [0.3, 0.4) is 0 Å². The molecule has 2 aromatic rings. The first-order valence-corrected chi connectivity index (χ1v) is 11.1. The molecule has 2 aromatic heterocycles. The third kappa shape index (κ3) is 4.48. The van der Waals surface area contributed by atoms with E-state index in [9.17, 15) is 22.4 Å². The van der Waals surface area contributed by atoms with Crippen LogP contribution < -0.4 is 5.32 Å². The van der Waals surface area contributed by atoms with Crippen LogP contribution in [0.2, 0.25) is 0 Å². The molecule has 0 spiro atoms. The minimum Gasteiger partial charge on any atom is -0.321 e.